The number of rotatable bonds is 6. The normalized spacial score (nSPS) is 15.8. The average Bonchev–Trinajstić information content (AvgIpc) is 3.27. The summed E-state index contributed by atoms with van der Waals surface area (Å²) in [5.41, 5.74) is 2.24. The Labute approximate surface area is 174 Å². The van der Waals surface area contributed by atoms with Gasteiger partial charge < -0.3 is 14.6 Å². The van der Waals surface area contributed by atoms with E-state index in [4.69, 9.17) is 20.9 Å². The highest BCUT2D eigenvalue weighted by Gasteiger charge is 2.24. The predicted octanol–water partition coefficient (Wildman–Crippen LogP) is 3.80. The first-order valence-electron chi connectivity index (χ1n) is 9.58. The molecule has 1 amide bonds. The number of halogens is 1. The molecule has 0 aliphatic carbocycles. The Morgan fingerprint density at radius 3 is 2.55 bits per heavy atom. The second-order valence-corrected chi connectivity index (χ2v) is 7.30. The van der Waals surface area contributed by atoms with Crippen LogP contribution in [0.2, 0.25) is 5.02 Å². The summed E-state index contributed by atoms with van der Waals surface area (Å²) in [5.74, 6) is 0.307. The lowest BCUT2D eigenvalue weighted by molar-refractivity contribution is 0.0162. The van der Waals surface area contributed by atoms with Crippen LogP contribution in [0.25, 0.3) is 11.3 Å². The average molecular weight is 412 g/mol. The van der Waals surface area contributed by atoms with E-state index in [-0.39, 0.29) is 17.6 Å². The summed E-state index contributed by atoms with van der Waals surface area (Å²) in [7, 11) is 0. The van der Waals surface area contributed by atoms with E-state index in [2.05, 4.69) is 15.4 Å². The highest BCUT2D eigenvalue weighted by Crippen LogP contribution is 2.24. The van der Waals surface area contributed by atoms with Crippen molar-refractivity contribution >= 4 is 17.5 Å². The second-order valence-electron chi connectivity index (χ2n) is 6.87. The van der Waals surface area contributed by atoms with E-state index in [1.54, 1.807) is 6.07 Å². The zero-order valence-corrected chi connectivity index (χ0v) is 16.6. The highest BCUT2D eigenvalue weighted by atomic mass is 35.5. The number of amides is 1. The number of carbonyl (C=O) groups is 1. The molecule has 3 aromatic rings. The fourth-order valence-electron chi connectivity index (χ4n) is 3.43. The Hall–Kier alpha value is -2.67. The van der Waals surface area contributed by atoms with Gasteiger partial charge in [0.1, 0.15) is 0 Å². The summed E-state index contributed by atoms with van der Waals surface area (Å²) >= 11 is 6.04. The summed E-state index contributed by atoms with van der Waals surface area (Å²) < 4.78 is 10.8. The minimum Gasteiger partial charge on any atom is -0.379 e. The molecule has 1 fully saturated rings. The fourth-order valence-corrected chi connectivity index (χ4v) is 3.56. The third-order valence-electron chi connectivity index (χ3n) is 5.00. The molecule has 4 rings (SSSR count). The number of morpholine rings is 1. The van der Waals surface area contributed by atoms with Gasteiger partial charge in [0.05, 0.1) is 19.3 Å². The largest absolute Gasteiger partial charge is 0.379 e. The van der Waals surface area contributed by atoms with Crippen LogP contribution >= 0.6 is 11.6 Å². The van der Waals surface area contributed by atoms with Crippen LogP contribution in [0.5, 0.6) is 0 Å². The molecule has 1 atom stereocenters. The lowest BCUT2D eigenvalue weighted by Gasteiger charge is -2.34. The van der Waals surface area contributed by atoms with Crippen LogP contribution in [0.3, 0.4) is 0 Å². The maximum Gasteiger partial charge on any atom is 0.273 e. The molecule has 0 spiro atoms. The molecule has 0 bridgehead atoms. The molecule has 1 aliphatic heterocycles. The molecule has 1 unspecified atom stereocenters. The van der Waals surface area contributed by atoms with Gasteiger partial charge in [-0.05, 0) is 17.7 Å². The van der Waals surface area contributed by atoms with Gasteiger partial charge in [0.15, 0.2) is 11.5 Å². The van der Waals surface area contributed by atoms with Crippen molar-refractivity contribution in [3.63, 3.8) is 0 Å². The lowest BCUT2D eigenvalue weighted by atomic mass is 10.0. The molecule has 1 saturated heterocycles. The van der Waals surface area contributed by atoms with Gasteiger partial charge in [-0.25, -0.2) is 0 Å². The number of nitrogens with one attached hydrogen (secondary N) is 1. The number of aromatic nitrogens is 1. The molecule has 1 aliphatic rings. The summed E-state index contributed by atoms with van der Waals surface area (Å²) in [6, 6.07) is 19.0. The van der Waals surface area contributed by atoms with Crippen molar-refractivity contribution in [2.24, 2.45) is 0 Å². The van der Waals surface area contributed by atoms with Gasteiger partial charge in [-0.15, -0.1) is 0 Å². The van der Waals surface area contributed by atoms with Crippen LogP contribution in [0.15, 0.2) is 65.2 Å². The van der Waals surface area contributed by atoms with Crippen molar-refractivity contribution in [1.29, 1.82) is 0 Å². The molecular weight excluding hydrogens is 390 g/mol. The minimum absolute atomic E-state index is 0.0283. The number of benzene rings is 2. The van der Waals surface area contributed by atoms with E-state index in [0.29, 0.717) is 30.5 Å². The molecule has 2 aromatic carbocycles. The third-order valence-corrected chi connectivity index (χ3v) is 5.25. The van der Waals surface area contributed by atoms with E-state index in [0.717, 1.165) is 24.2 Å². The molecule has 0 saturated carbocycles. The van der Waals surface area contributed by atoms with Crippen molar-refractivity contribution < 1.29 is 14.1 Å². The van der Waals surface area contributed by atoms with Gasteiger partial charge in [0.25, 0.3) is 5.91 Å². The van der Waals surface area contributed by atoms with Crippen molar-refractivity contribution in [3.05, 3.63) is 76.9 Å². The predicted molar refractivity (Wildman–Crippen MR) is 111 cm³/mol. The summed E-state index contributed by atoms with van der Waals surface area (Å²) in [5, 5.41) is 7.62. The van der Waals surface area contributed by atoms with E-state index < -0.39 is 0 Å². The third kappa shape index (κ3) is 4.85. The monoisotopic (exact) mass is 411 g/mol. The smallest absolute Gasteiger partial charge is 0.273 e. The maximum absolute atomic E-state index is 12.7. The zero-order valence-electron chi connectivity index (χ0n) is 15.9. The Bertz CT molecular complexity index is 937. The Morgan fingerprint density at radius 2 is 1.83 bits per heavy atom. The molecule has 0 radical (unpaired) electrons. The quantitative estimate of drug-likeness (QED) is 0.668. The Morgan fingerprint density at radius 1 is 1.10 bits per heavy atom. The first-order chi connectivity index (χ1) is 14.2. The highest BCUT2D eigenvalue weighted by molar-refractivity contribution is 6.30. The zero-order chi connectivity index (χ0) is 20.1. The number of carbonyl (C=O) groups excluding carboxylic acids is 1. The van der Waals surface area contributed by atoms with E-state index in [9.17, 15) is 4.79 Å². The Kier molecular flexibility index (Phi) is 6.24. The van der Waals surface area contributed by atoms with Gasteiger partial charge in [-0.3, -0.25) is 9.69 Å². The number of hydrogen-bond donors (Lipinski definition) is 1. The van der Waals surface area contributed by atoms with Crippen LogP contribution in [-0.2, 0) is 4.74 Å². The molecule has 7 heteroatoms. The van der Waals surface area contributed by atoms with E-state index in [1.165, 1.54) is 0 Å². The Balaban J connectivity index is 1.46. The van der Waals surface area contributed by atoms with Gasteiger partial charge in [0.2, 0.25) is 0 Å². The van der Waals surface area contributed by atoms with Crippen molar-refractivity contribution in [1.82, 2.24) is 15.4 Å². The van der Waals surface area contributed by atoms with Crippen LogP contribution in [0.4, 0.5) is 0 Å². The minimum atomic E-state index is -0.261. The van der Waals surface area contributed by atoms with Crippen LogP contribution in [0.1, 0.15) is 22.1 Å². The molecular formula is C22H22ClN3O3. The van der Waals surface area contributed by atoms with E-state index in [1.807, 2.05) is 54.6 Å². The molecule has 150 valence electrons. The van der Waals surface area contributed by atoms with Crippen molar-refractivity contribution in [2.75, 3.05) is 32.8 Å². The first-order valence-corrected chi connectivity index (χ1v) is 9.96. The van der Waals surface area contributed by atoms with Gasteiger partial charge in [0, 0.05) is 36.3 Å². The van der Waals surface area contributed by atoms with Gasteiger partial charge >= 0.3 is 0 Å². The van der Waals surface area contributed by atoms with Crippen LogP contribution in [0, 0.1) is 0 Å². The first kappa shape index (κ1) is 19.6. The van der Waals surface area contributed by atoms with E-state index >= 15 is 0 Å². The second kappa shape index (κ2) is 9.22. The molecule has 1 N–H and O–H groups in total. The van der Waals surface area contributed by atoms with Crippen LogP contribution < -0.4 is 5.32 Å². The van der Waals surface area contributed by atoms with Gasteiger partial charge in [-0.1, -0.05) is 59.2 Å². The number of ether oxygens (including phenoxy) is 1. The standard InChI is InChI=1S/C22H22ClN3O3/c23-18-8-6-16(7-9-18)20(26-10-12-28-13-11-26)15-24-22(27)19-14-21(29-25-19)17-4-2-1-3-5-17/h1-9,14,20H,10-13,15H2,(H,24,27). The molecule has 2 heterocycles. The van der Waals surface area contributed by atoms with Gasteiger partial charge in [-0.2, -0.15) is 0 Å². The fraction of sp³-hybridized carbons (Fsp3) is 0.273. The lowest BCUT2D eigenvalue weighted by Crippen LogP contribution is -2.43. The summed E-state index contributed by atoms with van der Waals surface area (Å²) in [6.07, 6.45) is 0. The topological polar surface area (TPSA) is 67.6 Å². The molecule has 29 heavy (non-hydrogen) atoms. The summed E-state index contributed by atoms with van der Waals surface area (Å²) in [4.78, 5) is 15.0. The van der Waals surface area contributed by atoms with Crippen LogP contribution in [-0.4, -0.2) is 48.8 Å². The van der Waals surface area contributed by atoms with Crippen molar-refractivity contribution in [2.45, 2.75) is 6.04 Å². The SMILES string of the molecule is O=C(NCC(c1ccc(Cl)cc1)N1CCOCC1)c1cc(-c2ccccc2)on1. The summed E-state index contributed by atoms with van der Waals surface area (Å²) in [6.45, 7) is 3.44. The maximum atomic E-state index is 12.7. The molecule has 1 aromatic heterocycles. The number of hydrogen-bond acceptors (Lipinski definition) is 5. The molecule has 6 nitrogen and oxygen atoms in total. The van der Waals surface area contributed by atoms with Crippen molar-refractivity contribution in [3.8, 4) is 11.3 Å². The number of nitrogens with zero attached hydrogens (tertiary/aromatic N) is 2.